The molecular weight excluding hydrogens is 545 g/mol. The third kappa shape index (κ3) is 6.30. The van der Waals surface area contributed by atoms with Crippen molar-refractivity contribution in [2.75, 3.05) is 6.61 Å². The van der Waals surface area contributed by atoms with Crippen molar-refractivity contribution >= 4 is 18.7 Å². The van der Waals surface area contributed by atoms with Crippen LogP contribution in [0.25, 0.3) is 0 Å². The summed E-state index contributed by atoms with van der Waals surface area (Å²) in [6.07, 6.45) is 0.493. The van der Waals surface area contributed by atoms with Crippen LogP contribution in [0.3, 0.4) is 0 Å². The number of aryl methyl sites for hydroxylation is 6. The Morgan fingerprint density at radius 2 is 1.23 bits per heavy atom. The van der Waals surface area contributed by atoms with Crippen LogP contribution >= 0.6 is 0 Å². The van der Waals surface area contributed by atoms with Crippen molar-refractivity contribution < 1.29 is 13.9 Å². The van der Waals surface area contributed by atoms with Gasteiger partial charge in [0.15, 0.2) is 0 Å². The Morgan fingerprint density at radius 3 is 1.72 bits per heavy atom. The van der Waals surface area contributed by atoms with Crippen LogP contribution in [0.1, 0.15) is 70.9 Å². The van der Waals surface area contributed by atoms with E-state index in [9.17, 15) is 0 Å². The van der Waals surface area contributed by atoms with E-state index in [1.165, 1.54) is 54.9 Å². The fourth-order valence-corrected chi connectivity index (χ4v) is 14.0. The van der Waals surface area contributed by atoms with Gasteiger partial charge in [-0.1, -0.05) is 103 Å². The molecule has 4 aromatic carbocycles. The summed E-state index contributed by atoms with van der Waals surface area (Å²) >= 11 is 0. The van der Waals surface area contributed by atoms with E-state index < -0.39 is 8.32 Å². The fraction of sp³-hybridized carbons (Fsp3) is 0.385. The second kappa shape index (κ2) is 13.3. The van der Waals surface area contributed by atoms with Crippen LogP contribution in [-0.2, 0) is 20.5 Å². The summed E-state index contributed by atoms with van der Waals surface area (Å²) in [7, 11) is -2.91. The van der Waals surface area contributed by atoms with E-state index in [0.29, 0.717) is 13.2 Å². The third-order valence-corrected chi connectivity index (χ3v) is 14.8. The van der Waals surface area contributed by atoms with E-state index in [1.807, 2.05) is 0 Å². The number of rotatable bonds is 10. The Labute approximate surface area is 260 Å². The zero-order chi connectivity index (χ0) is 30.7. The van der Waals surface area contributed by atoms with Gasteiger partial charge in [0.2, 0.25) is 0 Å². The third-order valence-electron chi connectivity index (χ3n) is 9.25. The first-order valence-electron chi connectivity index (χ1n) is 15.8. The van der Waals surface area contributed by atoms with Crippen molar-refractivity contribution in [2.45, 2.75) is 86.4 Å². The molecule has 1 saturated heterocycles. The van der Waals surface area contributed by atoms with E-state index >= 15 is 0 Å². The molecule has 4 atom stereocenters. The summed E-state index contributed by atoms with van der Waals surface area (Å²) in [6, 6.07) is 30.7. The molecule has 0 aromatic heterocycles. The quantitative estimate of drug-likeness (QED) is 0.173. The Hall–Kier alpha value is -3.02. The van der Waals surface area contributed by atoms with Crippen LogP contribution in [-0.4, -0.2) is 21.2 Å². The first-order chi connectivity index (χ1) is 20.6. The monoisotopic (exact) mass is 592 g/mol. The van der Waals surface area contributed by atoms with Crippen LogP contribution < -0.4 is 10.4 Å². The number of benzene rings is 4. The number of hydrogen-bond donors (Lipinski definition) is 0. The van der Waals surface area contributed by atoms with E-state index in [-0.39, 0.29) is 23.9 Å². The van der Waals surface area contributed by atoms with Gasteiger partial charge >= 0.3 is 0 Å². The second-order valence-corrected chi connectivity index (χ2v) is 16.1. The molecule has 3 unspecified atom stereocenters. The van der Waals surface area contributed by atoms with Gasteiger partial charge in [0.05, 0.1) is 12.7 Å². The maximum Gasteiger partial charge on any atom is 0.263 e. The second-order valence-electron chi connectivity index (χ2n) is 12.6. The average Bonchev–Trinajstić information content (AvgIpc) is 3.32. The van der Waals surface area contributed by atoms with E-state index in [2.05, 4.69) is 140 Å². The summed E-state index contributed by atoms with van der Waals surface area (Å²) in [4.78, 5) is 0. The highest BCUT2D eigenvalue weighted by Gasteiger charge is 2.59. The molecule has 43 heavy (non-hydrogen) atoms. The van der Waals surface area contributed by atoms with Crippen molar-refractivity contribution in [1.82, 2.24) is 0 Å². The molecule has 0 spiro atoms. The van der Waals surface area contributed by atoms with Crippen LogP contribution in [0, 0.1) is 47.5 Å². The molecule has 0 N–H and O–H groups in total. The normalized spacial score (nSPS) is 19.3. The van der Waals surface area contributed by atoms with Gasteiger partial charge in [0.25, 0.3) is 8.32 Å². The number of hydrogen-bond acceptors (Lipinski definition) is 3. The summed E-state index contributed by atoms with van der Waals surface area (Å²) in [5.74, 6) is 0.170. The van der Waals surface area contributed by atoms with Gasteiger partial charge < -0.3 is 13.9 Å². The molecule has 5 rings (SSSR count). The van der Waals surface area contributed by atoms with Crippen LogP contribution in [0.5, 0.6) is 0 Å². The van der Waals surface area contributed by atoms with Gasteiger partial charge in [-0.05, 0) is 104 Å². The smallest absolute Gasteiger partial charge is 0.263 e. The Kier molecular flexibility index (Phi) is 9.72. The minimum absolute atomic E-state index is 0.0978. The number of ether oxygens (including phenoxy) is 2. The molecule has 1 fully saturated rings. The summed E-state index contributed by atoms with van der Waals surface area (Å²) in [5, 5.41) is 2.81. The van der Waals surface area contributed by atoms with Gasteiger partial charge in [0.1, 0.15) is 6.29 Å². The van der Waals surface area contributed by atoms with Crippen molar-refractivity contribution in [3.05, 3.63) is 129 Å². The molecule has 0 aliphatic carbocycles. The lowest BCUT2D eigenvalue weighted by Crippen LogP contribution is -2.66. The standard InChI is InChI=1S/C39H48O3Si/c1-9-40-36-24-35(32(8)37(34-18-14-11-15-19-34)41-25-33-16-12-10-13-17-33)43(42-36,38-28(4)20-26(2)21-29(38)5)39-30(6)22-27(3)23-31(39)7/h10-23,32,35-37H,9,24-25H2,1-8H3/t32?,35?,36?,37-/m0/s1. The van der Waals surface area contributed by atoms with Crippen molar-refractivity contribution in [3.63, 3.8) is 0 Å². The highest BCUT2D eigenvalue weighted by atomic mass is 28.4. The summed E-state index contributed by atoms with van der Waals surface area (Å²) < 4.78 is 20.8. The zero-order valence-electron chi connectivity index (χ0n) is 27.2. The molecule has 1 aliphatic heterocycles. The van der Waals surface area contributed by atoms with Gasteiger partial charge in [-0.2, -0.15) is 0 Å². The van der Waals surface area contributed by atoms with Crippen molar-refractivity contribution in [2.24, 2.45) is 5.92 Å². The molecule has 1 aliphatic rings. The van der Waals surface area contributed by atoms with Crippen LogP contribution in [0.4, 0.5) is 0 Å². The van der Waals surface area contributed by atoms with Crippen molar-refractivity contribution in [1.29, 1.82) is 0 Å². The lowest BCUT2D eigenvalue weighted by molar-refractivity contribution is -0.0685. The highest BCUT2D eigenvalue weighted by molar-refractivity contribution is 7.00. The van der Waals surface area contributed by atoms with Crippen molar-refractivity contribution in [3.8, 4) is 0 Å². The minimum Gasteiger partial charge on any atom is -0.383 e. The maximum atomic E-state index is 7.51. The summed E-state index contributed by atoms with van der Waals surface area (Å²) in [5.41, 5.74) is 10.5. The fourth-order valence-electron chi connectivity index (χ4n) is 7.90. The largest absolute Gasteiger partial charge is 0.383 e. The SMILES string of the molecule is CCOC1CC(C(C)[C@H](OCc2ccccc2)c2ccccc2)[Si](c2c(C)cc(C)cc2C)(c2c(C)cc(C)cc2C)O1. The lowest BCUT2D eigenvalue weighted by Gasteiger charge is -2.41. The molecule has 1 heterocycles. The average molecular weight is 593 g/mol. The summed E-state index contributed by atoms with van der Waals surface area (Å²) in [6.45, 7) is 19.2. The molecule has 4 heteroatoms. The maximum absolute atomic E-state index is 7.51. The van der Waals surface area contributed by atoms with E-state index in [4.69, 9.17) is 13.9 Å². The first-order valence-corrected chi connectivity index (χ1v) is 17.8. The predicted octanol–water partition coefficient (Wildman–Crippen LogP) is 8.34. The molecule has 226 valence electrons. The molecule has 0 radical (unpaired) electrons. The molecular formula is C39H48O3Si. The van der Waals surface area contributed by atoms with Gasteiger partial charge in [-0.3, -0.25) is 0 Å². The molecule has 0 saturated carbocycles. The van der Waals surface area contributed by atoms with Gasteiger partial charge in [0, 0.05) is 13.0 Å². The zero-order valence-corrected chi connectivity index (χ0v) is 28.2. The lowest BCUT2D eigenvalue weighted by atomic mass is 9.92. The van der Waals surface area contributed by atoms with Crippen LogP contribution in [0.15, 0.2) is 84.9 Å². The molecule has 0 amide bonds. The minimum atomic E-state index is -2.91. The first kappa shape index (κ1) is 31.4. The predicted molar refractivity (Wildman–Crippen MR) is 181 cm³/mol. The Morgan fingerprint density at radius 1 is 0.744 bits per heavy atom. The molecule has 3 nitrogen and oxygen atoms in total. The van der Waals surface area contributed by atoms with Crippen LogP contribution in [0.2, 0.25) is 5.54 Å². The Balaban J connectivity index is 1.73. The van der Waals surface area contributed by atoms with Gasteiger partial charge in [-0.25, -0.2) is 0 Å². The molecule has 4 aromatic rings. The topological polar surface area (TPSA) is 27.7 Å². The van der Waals surface area contributed by atoms with Gasteiger partial charge in [-0.15, -0.1) is 0 Å². The Bertz CT molecular complexity index is 1430. The molecule has 0 bridgehead atoms. The van der Waals surface area contributed by atoms with E-state index in [1.54, 1.807) is 0 Å². The van der Waals surface area contributed by atoms with E-state index in [0.717, 1.165) is 6.42 Å². The highest BCUT2D eigenvalue weighted by Crippen LogP contribution is 2.49.